The molecule has 1 rings (SSSR count). The van der Waals surface area contributed by atoms with Crippen molar-refractivity contribution in [2.24, 2.45) is 5.92 Å². The van der Waals surface area contributed by atoms with Crippen LogP contribution >= 0.6 is 0 Å². The summed E-state index contributed by atoms with van der Waals surface area (Å²) in [6.07, 6.45) is 6.97. The molecule has 0 spiro atoms. The van der Waals surface area contributed by atoms with E-state index in [4.69, 9.17) is 0 Å². The van der Waals surface area contributed by atoms with Crippen LogP contribution in [0.2, 0.25) is 0 Å². The summed E-state index contributed by atoms with van der Waals surface area (Å²) < 4.78 is 30.9. The Hall–Kier alpha value is -0.870. The summed E-state index contributed by atoms with van der Waals surface area (Å²) in [4.78, 5) is 0. The Morgan fingerprint density at radius 2 is 2.20 bits per heavy atom. The first kappa shape index (κ1) is 12.2. The number of hydrogen-bond acceptors (Lipinski definition) is 2. The van der Waals surface area contributed by atoms with E-state index in [1.165, 1.54) is 0 Å². The average molecular weight is 228 g/mol. The fourth-order valence-corrected chi connectivity index (χ4v) is 2.85. The first-order chi connectivity index (χ1) is 6.83. The SMILES string of the molecule is C=CC1=CCC(C(C)C)(S(=O)(=O)O)C=C1. The molecule has 1 aliphatic carbocycles. The van der Waals surface area contributed by atoms with Crippen molar-refractivity contribution >= 4 is 10.1 Å². The standard InChI is InChI=1S/C11H16O3S/c1-4-10-5-7-11(8-6-10,9(2)3)15(12,13)14/h4-7,9H,1,8H2,2-3H3,(H,12,13,14). The van der Waals surface area contributed by atoms with Gasteiger partial charge in [-0.1, -0.05) is 44.7 Å². The largest absolute Gasteiger partial charge is 0.285 e. The molecule has 0 heterocycles. The van der Waals surface area contributed by atoms with Crippen LogP contribution in [0.1, 0.15) is 20.3 Å². The summed E-state index contributed by atoms with van der Waals surface area (Å²) in [6.45, 7) is 7.17. The van der Waals surface area contributed by atoms with Crippen molar-refractivity contribution in [1.82, 2.24) is 0 Å². The van der Waals surface area contributed by atoms with Gasteiger partial charge in [0.1, 0.15) is 4.75 Å². The maximum Gasteiger partial charge on any atom is 0.274 e. The van der Waals surface area contributed by atoms with E-state index in [-0.39, 0.29) is 5.92 Å². The first-order valence-electron chi connectivity index (χ1n) is 4.82. The fourth-order valence-electron chi connectivity index (χ4n) is 1.72. The lowest BCUT2D eigenvalue weighted by Crippen LogP contribution is -2.42. The van der Waals surface area contributed by atoms with Crippen LogP contribution in [0.25, 0.3) is 0 Å². The zero-order valence-corrected chi connectivity index (χ0v) is 9.79. The monoisotopic (exact) mass is 228 g/mol. The average Bonchev–Trinajstić information content (AvgIpc) is 2.16. The molecule has 0 radical (unpaired) electrons. The highest BCUT2D eigenvalue weighted by Crippen LogP contribution is 2.35. The third-order valence-corrected chi connectivity index (χ3v) is 4.64. The summed E-state index contributed by atoms with van der Waals surface area (Å²) in [5.41, 5.74) is 0.884. The Balaban J connectivity index is 3.18. The van der Waals surface area contributed by atoms with Crippen molar-refractivity contribution in [3.05, 3.63) is 36.5 Å². The van der Waals surface area contributed by atoms with E-state index in [9.17, 15) is 13.0 Å². The summed E-state index contributed by atoms with van der Waals surface area (Å²) in [5.74, 6) is -0.175. The Morgan fingerprint density at radius 3 is 2.47 bits per heavy atom. The summed E-state index contributed by atoms with van der Waals surface area (Å²) >= 11 is 0. The third kappa shape index (κ3) is 2.06. The Bertz CT molecular complexity index is 415. The Morgan fingerprint density at radius 1 is 1.60 bits per heavy atom. The van der Waals surface area contributed by atoms with Crippen LogP contribution in [0, 0.1) is 5.92 Å². The molecule has 15 heavy (non-hydrogen) atoms. The molecule has 1 aliphatic rings. The molecular weight excluding hydrogens is 212 g/mol. The van der Waals surface area contributed by atoms with Crippen molar-refractivity contribution in [3.63, 3.8) is 0 Å². The van der Waals surface area contributed by atoms with Crippen molar-refractivity contribution < 1.29 is 13.0 Å². The molecule has 1 unspecified atom stereocenters. The van der Waals surface area contributed by atoms with Crippen molar-refractivity contribution in [1.29, 1.82) is 0 Å². The second-order valence-electron chi connectivity index (χ2n) is 4.03. The molecule has 1 atom stereocenters. The van der Waals surface area contributed by atoms with Gasteiger partial charge in [-0.25, -0.2) is 0 Å². The molecule has 0 fully saturated rings. The fraction of sp³-hybridized carbons (Fsp3) is 0.455. The van der Waals surface area contributed by atoms with Crippen LogP contribution in [0.15, 0.2) is 36.5 Å². The van der Waals surface area contributed by atoms with Crippen molar-refractivity contribution in [2.45, 2.75) is 25.0 Å². The van der Waals surface area contributed by atoms with Gasteiger partial charge in [0.15, 0.2) is 0 Å². The molecule has 0 aromatic heterocycles. The summed E-state index contributed by atoms with van der Waals surface area (Å²) in [6, 6.07) is 0. The quantitative estimate of drug-likeness (QED) is 0.754. The molecule has 84 valence electrons. The predicted molar refractivity (Wildman–Crippen MR) is 61.2 cm³/mol. The van der Waals surface area contributed by atoms with Gasteiger partial charge in [-0.3, -0.25) is 4.55 Å². The molecule has 0 saturated heterocycles. The van der Waals surface area contributed by atoms with Gasteiger partial charge >= 0.3 is 0 Å². The molecule has 0 bridgehead atoms. The highest BCUT2D eigenvalue weighted by Gasteiger charge is 2.43. The topological polar surface area (TPSA) is 54.4 Å². The van der Waals surface area contributed by atoms with E-state index >= 15 is 0 Å². The molecule has 0 aromatic rings. The molecule has 0 amide bonds. The van der Waals surface area contributed by atoms with E-state index in [1.807, 2.05) is 0 Å². The highest BCUT2D eigenvalue weighted by atomic mass is 32.2. The first-order valence-corrected chi connectivity index (χ1v) is 6.26. The zero-order chi connectivity index (χ0) is 11.7. The molecule has 0 aliphatic heterocycles. The van der Waals surface area contributed by atoms with Crippen molar-refractivity contribution in [2.75, 3.05) is 0 Å². The Labute approximate surface area is 90.9 Å². The van der Waals surface area contributed by atoms with Gasteiger partial charge in [0.2, 0.25) is 0 Å². The molecule has 0 aromatic carbocycles. The molecule has 3 nitrogen and oxygen atoms in total. The van der Waals surface area contributed by atoms with Crippen LogP contribution in [0.4, 0.5) is 0 Å². The van der Waals surface area contributed by atoms with Crippen LogP contribution in [0.5, 0.6) is 0 Å². The maximum atomic E-state index is 11.4. The van der Waals surface area contributed by atoms with Crippen LogP contribution < -0.4 is 0 Å². The summed E-state index contributed by atoms with van der Waals surface area (Å²) in [5, 5.41) is 0. The Kier molecular flexibility index (Phi) is 3.21. The van der Waals surface area contributed by atoms with E-state index in [2.05, 4.69) is 6.58 Å². The third-order valence-electron chi connectivity index (χ3n) is 2.91. The maximum absolute atomic E-state index is 11.4. The normalized spacial score (nSPS) is 26.5. The lowest BCUT2D eigenvalue weighted by Gasteiger charge is -2.32. The van der Waals surface area contributed by atoms with Gasteiger partial charge in [0.05, 0.1) is 0 Å². The van der Waals surface area contributed by atoms with E-state index in [0.717, 1.165) is 5.57 Å². The van der Waals surface area contributed by atoms with Crippen LogP contribution in [-0.4, -0.2) is 17.7 Å². The molecule has 1 N–H and O–H groups in total. The van der Waals surface area contributed by atoms with Gasteiger partial charge in [0, 0.05) is 0 Å². The second-order valence-corrected chi connectivity index (χ2v) is 5.74. The number of rotatable bonds is 3. The predicted octanol–water partition coefficient (Wildman–Crippen LogP) is 2.34. The second kappa shape index (κ2) is 3.94. The van der Waals surface area contributed by atoms with Gasteiger partial charge in [0.25, 0.3) is 10.1 Å². The summed E-state index contributed by atoms with van der Waals surface area (Å²) in [7, 11) is -4.08. The minimum atomic E-state index is -4.08. The zero-order valence-electron chi connectivity index (χ0n) is 8.97. The van der Waals surface area contributed by atoms with Crippen LogP contribution in [-0.2, 0) is 10.1 Å². The number of hydrogen-bond donors (Lipinski definition) is 1. The van der Waals surface area contributed by atoms with Gasteiger partial charge in [-0.2, -0.15) is 8.42 Å². The van der Waals surface area contributed by atoms with E-state index < -0.39 is 14.9 Å². The smallest absolute Gasteiger partial charge is 0.274 e. The minimum Gasteiger partial charge on any atom is -0.285 e. The van der Waals surface area contributed by atoms with E-state index in [1.54, 1.807) is 38.2 Å². The van der Waals surface area contributed by atoms with Gasteiger partial charge in [-0.05, 0) is 17.9 Å². The van der Waals surface area contributed by atoms with Gasteiger partial charge in [-0.15, -0.1) is 0 Å². The van der Waals surface area contributed by atoms with Crippen molar-refractivity contribution in [3.8, 4) is 0 Å². The van der Waals surface area contributed by atoms with Crippen LogP contribution in [0.3, 0.4) is 0 Å². The minimum absolute atomic E-state index is 0.175. The molecule has 4 heteroatoms. The molecule has 0 saturated carbocycles. The highest BCUT2D eigenvalue weighted by molar-refractivity contribution is 7.87. The van der Waals surface area contributed by atoms with E-state index in [0.29, 0.717) is 6.42 Å². The lowest BCUT2D eigenvalue weighted by atomic mass is 9.86. The number of allylic oxidation sites excluding steroid dienone is 4. The molecular formula is C11H16O3S. The lowest BCUT2D eigenvalue weighted by molar-refractivity contribution is 0.398. The van der Waals surface area contributed by atoms with Gasteiger partial charge < -0.3 is 0 Å².